The fraction of sp³-hybridized carbons (Fsp3) is 0.400. The summed E-state index contributed by atoms with van der Waals surface area (Å²) in [6.45, 7) is 3.24. The van der Waals surface area contributed by atoms with Gasteiger partial charge in [-0.2, -0.15) is 0 Å². The summed E-state index contributed by atoms with van der Waals surface area (Å²) in [6, 6.07) is 0.641. The van der Waals surface area contributed by atoms with E-state index in [0.717, 1.165) is 0 Å². The molecule has 0 saturated heterocycles. The number of carbonyl (C=O) groups excluding carboxylic acids is 1. The molecule has 0 bridgehead atoms. The third kappa shape index (κ3) is 3.04. The van der Waals surface area contributed by atoms with Crippen LogP contribution >= 0.6 is 0 Å². The molecule has 0 atom stereocenters. The molecule has 0 spiro atoms. The normalized spacial score (nSPS) is 11.2. The van der Waals surface area contributed by atoms with Gasteiger partial charge in [-0.3, -0.25) is 4.79 Å². The summed E-state index contributed by atoms with van der Waals surface area (Å²) in [5, 5.41) is 2.59. The van der Waals surface area contributed by atoms with Crippen molar-refractivity contribution >= 4 is 17.5 Å². The summed E-state index contributed by atoms with van der Waals surface area (Å²) in [5.74, 6) is 2.18. The lowest BCUT2D eigenvalue weighted by Crippen LogP contribution is -2.37. The molecular formula is C10H15F2N5O. The van der Waals surface area contributed by atoms with Crippen LogP contribution in [0.2, 0.25) is 0 Å². The Morgan fingerprint density at radius 3 is 2.44 bits per heavy atom. The Morgan fingerprint density at radius 2 is 1.94 bits per heavy atom. The van der Waals surface area contributed by atoms with Crippen molar-refractivity contribution in [3.8, 4) is 0 Å². The number of aromatic nitrogens is 1. The number of pyridine rings is 1. The number of nitrogen functional groups attached to an aromatic ring is 1. The molecule has 0 saturated carbocycles. The van der Waals surface area contributed by atoms with Crippen molar-refractivity contribution in [2.75, 3.05) is 17.3 Å². The van der Waals surface area contributed by atoms with Crippen LogP contribution in [0, 0.1) is 17.0 Å². The van der Waals surface area contributed by atoms with Gasteiger partial charge in [0, 0.05) is 12.6 Å². The summed E-state index contributed by atoms with van der Waals surface area (Å²) >= 11 is 0. The quantitative estimate of drug-likeness (QED) is 0.457. The maximum Gasteiger partial charge on any atom is 0.224 e. The van der Waals surface area contributed by atoms with Crippen LogP contribution in [0.1, 0.15) is 13.8 Å². The second-order valence-corrected chi connectivity index (χ2v) is 4.40. The third-order valence-corrected chi connectivity index (χ3v) is 2.43. The van der Waals surface area contributed by atoms with Crippen LogP contribution in [0.3, 0.4) is 0 Å². The maximum atomic E-state index is 13.4. The molecule has 1 aromatic rings. The van der Waals surface area contributed by atoms with Gasteiger partial charge in [0.15, 0.2) is 23.3 Å². The first-order chi connectivity index (χ1) is 8.27. The molecule has 6 nitrogen and oxygen atoms in total. The van der Waals surface area contributed by atoms with E-state index in [9.17, 15) is 13.6 Å². The average molecular weight is 259 g/mol. The Balaban J connectivity index is 2.89. The minimum absolute atomic E-state index is 0.0574. The lowest BCUT2D eigenvalue weighted by atomic mass is 9.93. The highest BCUT2D eigenvalue weighted by atomic mass is 19.1. The molecule has 18 heavy (non-hydrogen) atoms. The molecule has 0 unspecified atom stereocenters. The van der Waals surface area contributed by atoms with Gasteiger partial charge in [-0.05, 0) is 13.8 Å². The van der Waals surface area contributed by atoms with Crippen LogP contribution in [0.15, 0.2) is 6.07 Å². The van der Waals surface area contributed by atoms with Gasteiger partial charge in [-0.1, -0.05) is 0 Å². The molecule has 1 heterocycles. The second-order valence-electron chi connectivity index (χ2n) is 4.40. The van der Waals surface area contributed by atoms with E-state index >= 15 is 0 Å². The lowest BCUT2D eigenvalue weighted by molar-refractivity contribution is -0.125. The monoisotopic (exact) mass is 259 g/mol. The zero-order valence-electron chi connectivity index (χ0n) is 10.1. The number of nitrogens with two attached hydrogens (primary N) is 2. The lowest BCUT2D eigenvalue weighted by Gasteiger charge is -2.21. The van der Waals surface area contributed by atoms with E-state index in [-0.39, 0.29) is 18.2 Å². The number of rotatable bonds is 5. The van der Waals surface area contributed by atoms with Crippen LogP contribution in [0.5, 0.6) is 0 Å². The molecule has 100 valence electrons. The van der Waals surface area contributed by atoms with Gasteiger partial charge in [0.2, 0.25) is 5.91 Å². The van der Waals surface area contributed by atoms with Gasteiger partial charge >= 0.3 is 0 Å². The van der Waals surface area contributed by atoms with E-state index in [2.05, 4.69) is 10.3 Å². The smallest absolute Gasteiger partial charge is 0.224 e. The number of carbonyl (C=O) groups is 1. The van der Waals surface area contributed by atoms with Gasteiger partial charge in [-0.15, -0.1) is 0 Å². The number of hydrazine groups is 1. The largest absolute Gasteiger partial charge is 0.369 e. The van der Waals surface area contributed by atoms with Crippen molar-refractivity contribution in [1.29, 1.82) is 0 Å². The number of anilines is 2. The fourth-order valence-corrected chi connectivity index (χ4v) is 1.08. The summed E-state index contributed by atoms with van der Waals surface area (Å²) in [7, 11) is 0. The number of hydrogen-bond acceptors (Lipinski definition) is 5. The zero-order chi connectivity index (χ0) is 13.9. The molecule has 0 aliphatic carbocycles. The number of primary amides is 1. The first-order valence-corrected chi connectivity index (χ1v) is 5.14. The van der Waals surface area contributed by atoms with Crippen molar-refractivity contribution in [3.05, 3.63) is 17.7 Å². The average Bonchev–Trinajstić information content (AvgIpc) is 2.27. The summed E-state index contributed by atoms with van der Waals surface area (Å²) in [6.07, 6.45) is 0. The summed E-state index contributed by atoms with van der Waals surface area (Å²) in [4.78, 5) is 14.7. The van der Waals surface area contributed by atoms with E-state index < -0.39 is 23.0 Å². The minimum Gasteiger partial charge on any atom is -0.369 e. The number of amides is 1. The first-order valence-electron chi connectivity index (χ1n) is 5.14. The SMILES string of the molecule is CC(C)(CNc1nc(NN)c(F)cc1F)C(N)=O. The maximum absolute atomic E-state index is 13.4. The van der Waals surface area contributed by atoms with E-state index in [1.54, 1.807) is 13.8 Å². The number of nitrogens with zero attached hydrogens (tertiary/aromatic N) is 1. The third-order valence-electron chi connectivity index (χ3n) is 2.43. The van der Waals surface area contributed by atoms with Gasteiger partial charge in [0.1, 0.15) is 0 Å². The van der Waals surface area contributed by atoms with Gasteiger partial charge in [0.25, 0.3) is 0 Å². The summed E-state index contributed by atoms with van der Waals surface area (Å²) < 4.78 is 26.5. The molecule has 1 rings (SSSR count). The van der Waals surface area contributed by atoms with Crippen molar-refractivity contribution in [1.82, 2.24) is 4.98 Å². The summed E-state index contributed by atoms with van der Waals surface area (Å²) in [5.41, 5.74) is 6.28. The molecule has 0 fully saturated rings. The molecule has 0 aliphatic rings. The molecule has 0 aliphatic heterocycles. The Labute approximate surface area is 103 Å². The van der Waals surface area contributed by atoms with Crippen LogP contribution in [-0.2, 0) is 4.79 Å². The van der Waals surface area contributed by atoms with E-state index in [1.165, 1.54) is 0 Å². The molecule has 1 amide bonds. The highest BCUT2D eigenvalue weighted by Gasteiger charge is 2.25. The predicted octanol–water partition coefficient (Wildman–Crippen LogP) is 0.569. The molecule has 0 aromatic carbocycles. The van der Waals surface area contributed by atoms with Crippen LogP contribution in [0.4, 0.5) is 20.4 Å². The van der Waals surface area contributed by atoms with Crippen molar-refractivity contribution < 1.29 is 13.6 Å². The number of hydrogen-bond donors (Lipinski definition) is 4. The highest BCUT2D eigenvalue weighted by molar-refractivity contribution is 5.80. The topological polar surface area (TPSA) is 106 Å². The molecule has 0 radical (unpaired) electrons. The Bertz CT molecular complexity index is 464. The highest BCUT2D eigenvalue weighted by Crippen LogP contribution is 2.20. The minimum atomic E-state index is -0.908. The van der Waals surface area contributed by atoms with Crippen LogP contribution in [0.25, 0.3) is 0 Å². The Hall–Kier alpha value is -1.96. The molecule has 1 aromatic heterocycles. The number of halogens is 2. The molecular weight excluding hydrogens is 244 g/mol. The number of nitrogens with one attached hydrogen (secondary N) is 2. The Morgan fingerprint density at radius 1 is 1.39 bits per heavy atom. The van der Waals surface area contributed by atoms with Gasteiger partial charge < -0.3 is 16.5 Å². The van der Waals surface area contributed by atoms with Crippen molar-refractivity contribution in [2.45, 2.75) is 13.8 Å². The van der Waals surface area contributed by atoms with Crippen molar-refractivity contribution in [3.63, 3.8) is 0 Å². The van der Waals surface area contributed by atoms with E-state index in [1.807, 2.05) is 5.43 Å². The molecule has 8 heteroatoms. The standard InChI is InChI=1S/C10H15F2N5O/c1-10(2,9(13)18)4-15-7-5(11)3-6(12)8(16-7)17-14/h3H,4,14H2,1-2H3,(H2,13,18)(H2,15,16,17). The van der Waals surface area contributed by atoms with E-state index in [0.29, 0.717) is 6.07 Å². The van der Waals surface area contributed by atoms with E-state index in [4.69, 9.17) is 11.6 Å². The second kappa shape index (κ2) is 5.13. The molecule has 6 N–H and O–H groups in total. The van der Waals surface area contributed by atoms with Gasteiger partial charge in [-0.25, -0.2) is 19.6 Å². The van der Waals surface area contributed by atoms with Crippen LogP contribution in [-0.4, -0.2) is 17.4 Å². The zero-order valence-corrected chi connectivity index (χ0v) is 10.1. The van der Waals surface area contributed by atoms with Crippen LogP contribution < -0.4 is 22.3 Å². The fourth-order valence-electron chi connectivity index (χ4n) is 1.08. The van der Waals surface area contributed by atoms with Crippen molar-refractivity contribution in [2.24, 2.45) is 17.0 Å². The first kappa shape index (κ1) is 14.1. The van der Waals surface area contributed by atoms with Gasteiger partial charge in [0.05, 0.1) is 5.41 Å². The predicted molar refractivity (Wildman–Crippen MR) is 63.4 cm³/mol. The Kier molecular flexibility index (Phi) is 4.02.